The van der Waals surface area contributed by atoms with Crippen LogP contribution in [0.4, 0.5) is 35.1 Å². The Morgan fingerprint density at radius 1 is 0.563 bits per heavy atom. The van der Waals surface area contributed by atoms with Gasteiger partial charge in [0.15, 0.2) is 0 Å². The van der Waals surface area contributed by atoms with Gasteiger partial charge in [-0.25, -0.2) is 0 Å². The number of aromatic nitrogens is 3. The quantitative estimate of drug-likeness (QED) is 0.118. The number of nitrogens with zero attached hydrogens (tertiary/aromatic N) is 3. The zero-order valence-electron chi connectivity index (χ0n) is 38.4. The number of para-hydroxylation sites is 1. The van der Waals surface area contributed by atoms with Crippen molar-refractivity contribution in [2.24, 2.45) is 0 Å². The number of halogens is 8. The van der Waals surface area contributed by atoms with Crippen molar-refractivity contribution in [3.8, 4) is 50.6 Å². The van der Waals surface area contributed by atoms with E-state index in [0.29, 0.717) is 33.5 Å². The van der Waals surface area contributed by atoms with Crippen LogP contribution >= 0.6 is 0 Å². The Morgan fingerprint density at radius 2 is 1.17 bits per heavy atom. The van der Waals surface area contributed by atoms with Crippen LogP contribution in [0.1, 0.15) is 61.8 Å². The molecular weight excluding hydrogens is 1100 g/mol. The molecule has 11 rings (SSSR count). The molecule has 0 bridgehead atoms. The fraction of sp³-hybridized carbons (Fsp3) is 0.172. The summed E-state index contributed by atoms with van der Waals surface area (Å²) < 4.78 is 132. The Balaban J connectivity index is 0.000000418. The second-order valence-corrected chi connectivity index (χ2v) is 17.9. The first kappa shape index (κ1) is 49.0. The van der Waals surface area contributed by atoms with Crippen molar-refractivity contribution < 1.29 is 59.6 Å². The van der Waals surface area contributed by atoms with E-state index in [1.54, 1.807) is 36.5 Å². The predicted molar refractivity (Wildman–Crippen MR) is 258 cm³/mol. The van der Waals surface area contributed by atoms with Crippen molar-refractivity contribution in [1.29, 1.82) is 0 Å². The summed E-state index contributed by atoms with van der Waals surface area (Å²) in [6.45, 7) is 7.40. The monoisotopic (exact) mass is 1140 g/mol. The molecule has 361 valence electrons. The van der Waals surface area contributed by atoms with Crippen LogP contribution in [0.25, 0.3) is 83.6 Å². The van der Waals surface area contributed by atoms with Gasteiger partial charge in [0, 0.05) is 42.9 Å². The molecule has 3 aromatic heterocycles. The molecule has 0 N–H and O–H groups in total. The Hall–Kier alpha value is -6.95. The molecule has 1 aliphatic carbocycles. The molecule has 0 saturated carbocycles. The van der Waals surface area contributed by atoms with E-state index in [1.165, 1.54) is 0 Å². The van der Waals surface area contributed by atoms with E-state index in [-0.39, 0.29) is 54.6 Å². The molecule has 0 atom stereocenters. The molecule has 1 aliphatic rings. The standard InChI is InChI=1S/C47H33F8N2O.C11H8N.Ir/c1-25(2)34-23-30(29-19-17-28(18-20-29)27-11-6-5-7-12-27)24-35(26(3)4)40(34)57-41-37(22-21-36-39(41)45(50,51)47(54,55)46(52,53)44(36,48)49)56-43(57)33-15-10-14-32-31-13-8-9-16-38(31)58-42(32)33;1-2-6-10(7-3-1)11-8-4-5-9-12-11;/h5-14,16-26H,1-4H3;1-6,8-9H;/q2*-1;. The van der Waals surface area contributed by atoms with Crippen LogP contribution < -0.4 is 0 Å². The number of imidazole rings is 1. The zero-order valence-corrected chi connectivity index (χ0v) is 40.7. The van der Waals surface area contributed by atoms with E-state index in [0.717, 1.165) is 44.1 Å². The van der Waals surface area contributed by atoms with E-state index >= 15 is 26.3 Å². The smallest absolute Gasteiger partial charge is 0.383 e. The van der Waals surface area contributed by atoms with Crippen LogP contribution in [-0.2, 0) is 32.0 Å². The van der Waals surface area contributed by atoms with Gasteiger partial charge in [0.25, 0.3) is 0 Å². The van der Waals surface area contributed by atoms with Gasteiger partial charge in [0.2, 0.25) is 0 Å². The molecule has 0 spiro atoms. The molecule has 0 saturated heterocycles. The Bertz CT molecular complexity index is 3490. The first-order valence-corrected chi connectivity index (χ1v) is 22.6. The van der Waals surface area contributed by atoms with E-state index in [1.807, 2.05) is 143 Å². The molecule has 4 nitrogen and oxygen atoms in total. The molecular formula is C58H41F8IrN3O-2. The van der Waals surface area contributed by atoms with Crippen molar-refractivity contribution in [2.75, 3.05) is 0 Å². The van der Waals surface area contributed by atoms with Crippen LogP contribution in [0.15, 0.2) is 168 Å². The van der Waals surface area contributed by atoms with Crippen LogP contribution in [-0.4, -0.2) is 26.4 Å². The fourth-order valence-corrected chi connectivity index (χ4v) is 9.25. The minimum absolute atomic E-state index is 0. The minimum atomic E-state index is -6.48. The van der Waals surface area contributed by atoms with Gasteiger partial charge in [-0.15, -0.1) is 54.1 Å². The Labute approximate surface area is 417 Å². The molecule has 13 heteroatoms. The first-order valence-electron chi connectivity index (χ1n) is 22.6. The van der Waals surface area contributed by atoms with Gasteiger partial charge in [0.05, 0.1) is 28.0 Å². The molecule has 0 fully saturated rings. The topological polar surface area (TPSA) is 43.9 Å². The molecule has 10 aromatic rings. The third-order valence-corrected chi connectivity index (χ3v) is 12.8. The van der Waals surface area contributed by atoms with Crippen LogP contribution in [0.2, 0.25) is 0 Å². The van der Waals surface area contributed by atoms with Gasteiger partial charge in [-0.05, 0) is 81.2 Å². The summed E-state index contributed by atoms with van der Waals surface area (Å²) in [7, 11) is 0. The van der Waals surface area contributed by atoms with Crippen molar-refractivity contribution in [3.05, 3.63) is 198 Å². The largest absolute Gasteiger partial charge is 0.501 e. The van der Waals surface area contributed by atoms with Crippen molar-refractivity contribution in [1.82, 2.24) is 14.5 Å². The third kappa shape index (κ3) is 7.94. The van der Waals surface area contributed by atoms with Gasteiger partial charge in [-0.1, -0.05) is 130 Å². The van der Waals surface area contributed by atoms with E-state index in [4.69, 9.17) is 4.42 Å². The summed E-state index contributed by atoms with van der Waals surface area (Å²) >= 11 is 0. The summed E-state index contributed by atoms with van der Waals surface area (Å²) in [5, 5.41) is 1.30. The molecule has 71 heavy (non-hydrogen) atoms. The van der Waals surface area contributed by atoms with E-state index in [2.05, 4.69) is 22.1 Å². The summed E-state index contributed by atoms with van der Waals surface area (Å²) in [6, 6.07) is 52.8. The van der Waals surface area contributed by atoms with E-state index < -0.39 is 45.9 Å². The van der Waals surface area contributed by atoms with Gasteiger partial charge >= 0.3 is 23.7 Å². The van der Waals surface area contributed by atoms with Crippen molar-refractivity contribution in [3.63, 3.8) is 0 Å². The maximum Gasteiger partial charge on any atom is 0.383 e. The molecule has 3 heterocycles. The first-order chi connectivity index (χ1) is 33.4. The molecule has 0 amide bonds. The number of hydrogen-bond acceptors (Lipinski definition) is 3. The average Bonchev–Trinajstić information content (AvgIpc) is 3.95. The molecule has 0 unspecified atom stereocenters. The molecule has 0 aliphatic heterocycles. The summed E-state index contributed by atoms with van der Waals surface area (Å²) in [6.07, 6.45) is 1.79. The van der Waals surface area contributed by atoms with Crippen molar-refractivity contribution >= 4 is 33.0 Å². The van der Waals surface area contributed by atoms with Crippen molar-refractivity contribution in [2.45, 2.75) is 63.2 Å². The predicted octanol–water partition coefficient (Wildman–Crippen LogP) is 17.0. The third-order valence-electron chi connectivity index (χ3n) is 12.8. The maximum atomic E-state index is 16.4. The second kappa shape index (κ2) is 18.3. The normalized spacial score (nSPS) is 15.4. The fourth-order valence-electron chi connectivity index (χ4n) is 9.25. The van der Waals surface area contributed by atoms with Crippen LogP contribution in [0.5, 0.6) is 0 Å². The summed E-state index contributed by atoms with van der Waals surface area (Å²) in [5.74, 6) is -25.2. The Morgan fingerprint density at radius 3 is 1.80 bits per heavy atom. The number of fused-ring (bicyclic) bond motifs is 6. The SMILES string of the molecule is CC(C)c1cc(-c2ccc(-c3ccccc3)cc2)cc(C(C)C)c1-n1c(-c2[c-]ccc3c2oc2ccccc23)nc2ccc3c(c21)C(F)(F)C(F)(F)C(F)(F)C3(F)F.[Ir].[c-]1ccccc1-c1ccccn1. The summed E-state index contributed by atoms with van der Waals surface area (Å²) in [5.41, 5.74) is 2.57. The number of rotatable bonds is 7. The Kier molecular flexibility index (Phi) is 12.7. The number of alkyl halides is 8. The van der Waals surface area contributed by atoms with Gasteiger partial charge in [-0.3, -0.25) is 4.98 Å². The number of pyridine rings is 1. The van der Waals surface area contributed by atoms with Gasteiger partial charge in [-0.2, -0.15) is 35.1 Å². The second-order valence-electron chi connectivity index (χ2n) is 17.9. The number of furan rings is 1. The maximum absolute atomic E-state index is 16.4. The number of hydrogen-bond donors (Lipinski definition) is 0. The molecule has 1 radical (unpaired) electrons. The number of benzene rings is 7. The summed E-state index contributed by atoms with van der Waals surface area (Å²) in [4.78, 5) is 8.88. The zero-order chi connectivity index (χ0) is 49.3. The minimum Gasteiger partial charge on any atom is -0.501 e. The van der Waals surface area contributed by atoms with Gasteiger partial charge < -0.3 is 14.0 Å². The van der Waals surface area contributed by atoms with Crippen LogP contribution in [0, 0.1) is 12.1 Å². The van der Waals surface area contributed by atoms with E-state index in [9.17, 15) is 8.78 Å². The average molecular weight is 1140 g/mol. The van der Waals surface area contributed by atoms with Crippen LogP contribution in [0.3, 0.4) is 0 Å². The molecule has 7 aromatic carbocycles. The van der Waals surface area contributed by atoms with Gasteiger partial charge in [0.1, 0.15) is 5.58 Å².